The lowest BCUT2D eigenvalue weighted by Crippen LogP contribution is -2.54. The Morgan fingerprint density at radius 2 is 2.29 bits per heavy atom. The van der Waals surface area contributed by atoms with Crippen LogP contribution in [0, 0.1) is 0 Å². The van der Waals surface area contributed by atoms with Crippen LogP contribution < -0.4 is 5.32 Å². The third-order valence-electron chi connectivity index (χ3n) is 3.99. The number of imidazole rings is 1. The molecule has 112 valence electrons. The van der Waals surface area contributed by atoms with Crippen LogP contribution in [0.2, 0.25) is 0 Å². The maximum atomic E-state index is 12.7. The van der Waals surface area contributed by atoms with Gasteiger partial charge in [-0.3, -0.25) is 14.0 Å². The highest BCUT2D eigenvalue weighted by atomic mass is 32.1. The summed E-state index contributed by atoms with van der Waals surface area (Å²) >= 11 is 1.56. The fourth-order valence-electron chi connectivity index (χ4n) is 2.55. The normalized spacial score (nSPS) is 23.4. The number of hydrogen-bond acceptors (Lipinski definition) is 4. The summed E-state index contributed by atoms with van der Waals surface area (Å²) in [5, 5.41) is 4.81. The molecule has 1 fully saturated rings. The van der Waals surface area contributed by atoms with E-state index in [0.29, 0.717) is 25.9 Å². The Hall–Kier alpha value is -1.89. The van der Waals surface area contributed by atoms with Gasteiger partial charge in [-0.25, -0.2) is 4.98 Å². The van der Waals surface area contributed by atoms with E-state index in [9.17, 15) is 9.59 Å². The summed E-state index contributed by atoms with van der Waals surface area (Å²) < 4.78 is 1.95. The Bertz CT molecular complexity index is 664. The second-order valence-electron chi connectivity index (χ2n) is 5.54. The van der Waals surface area contributed by atoms with Crippen molar-refractivity contribution in [2.24, 2.45) is 0 Å². The van der Waals surface area contributed by atoms with E-state index in [-0.39, 0.29) is 11.8 Å². The van der Waals surface area contributed by atoms with Crippen molar-refractivity contribution in [3.05, 3.63) is 23.5 Å². The maximum absolute atomic E-state index is 12.7. The molecule has 7 heteroatoms. The van der Waals surface area contributed by atoms with E-state index in [1.807, 2.05) is 29.1 Å². The lowest BCUT2D eigenvalue weighted by atomic mass is 9.97. The number of amides is 2. The summed E-state index contributed by atoms with van der Waals surface area (Å²) in [5.41, 5.74) is 0.0352. The van der Waals surface area contributed by atoms with Gasteiger partial charge in [0.15, 0.2) is 4.96 Å². The van der Waals surface area contributed by atoms with Crippen LogP contribution in [-0.4, -0.2) is 38.2 Å². The lowest BCUT2D eigenvalue weighted by Gasteiger charge is -2.30. The molecular formula is C14H18N4O2S. The average molecular weight is 306 g/mol. The van der Waals surface area contributed by atoms with Crippen molar-refractivity contribution in [2.45, 2.75) is 38.8 Å². The van der Waals surface area contributed by atoms with Crippen molar-refractivity contribution < 1.29 is 9.59 Å². The Morgan fingerprint density at radius 3 is 3.00 bits per heavy atom. The molecule has 2 amide bonds. The zero-order valence-corrected chi connectivity index (χ0v) is 12.9. The molecule has 2 aromatic heterocycles. The van der Waals surface area contributed by atoms with Crippen LogP contribution in [0.5, 0.6) is 0 Å². The highest BCUT2D eigenvalue weighted by molar-refractivity contribution is 7.15. The first-order valence-electron chi connectivity index (χ1n) is 7.03. The van der Waals surface area contributed by atoms with Crippen molar-refractivity contribution in [1.82, 2.24) is 19.6 Å². The number of carbonyl (C=O) groups is 2. The Balaban J connectivity index is 1.84. The van der Waals surface area contributed by atoms with Gasteiger partial charge in [-0.1, -0.05) is 6.92 Å². The average Bonchev–Trinajstić information content (AvgIpc) is 3.00. The number of nitrogens with zero attached hydrogens (tertiary/aromatic N) is 3. The monoisotopic (exact) mass is 306 g/mol. The molecule has 0 radical (unpaired) electrons. The molecule has 1 unspecified atom stereocenters. The Labute approximate surface area is 126 Å². The summed E-state index contributed by atoms with van der Waals surface area (Å²) in [6, 6.07) is 0. The molecule has 2 aromatic rings. The molecule has 0 spiro atoms. The van der Waals surface area contributed by atoms with E-state index < -0.39 is 5.54 Å². The fourth-order valence-corrected chi connectivity index (χ4v) is 3.27. The van der Waals surface area contributed by atoms with E-state index in [2.05, 4.69) is 10.3 Å². The highest BCUT2D eigenvalue weighted by Gasteiger charge is 2.39. The minimum absolute atomic E-state index is 0.0350. The summed E-state index contributed by atoms with van der Waals surface area (Å²) in [6.07, 6.45) is 4.79. The standard InChI is InChI=1S/C14H18N4O2S/c1-3-14(2)12(20)17(5-4-11(19)16-14)8-10-9-18-6-7-21-13(18)15-10/h6-7,9H,3-5,8H2,1-2H3,(H,16,19). The molecule has 0 aromatic carbocycles. The molecule has 1 aliphatic rings. The second kappa shape index (κ2) is 5.14. The van der Waals surface area contributed by atoms with Gasteiger partial charge in [0.05, 0.1) is 12.2 Å². The van der Waals surface area contributed by atoms with Crippen molar-refractivity contribution in [3.63, 3.8) is 0 Å². The van der Waals surface area contributed by atoms with Gasteiger partial charge in [0.2, 0.25) is 11.8 Å². The number of hydrogen-bond donors (Lipinski definition) is 1. The van der Waals surface area contributed by atoms with E-state index >= 15 is 0 Å². The molecule has 1 N–H and O–H groups in total. The van der Waals surface area contributed by atoms with Crippen molar-refractivity contribution in [1.29, 1.82) is 0 Å². The van der Waals surface area contributed by atoms with E-state index in [4.69, 9.17) is 0 Å². The first-order valence-corrected chi connectivity index (χ1v) is 7.91. The smallest absolute Gasteiger partial charge is 0.248 e. The minimum Gasteiger partial charge on any atom is -0.342 e. The van der Waals surface area contributed by atoms with E-state index in [0.717, 1.165) is 10.7 Å². The Kier molecular flexibility index (Phi) is 3.44. The number of aromatic nitrogens is 2. The molecule has 1 atom stereocenters. The predicted molar refractivity (Wildman–Crippen MR) is 79.9 cm³/mol. The van der Waals surface area contributed by atoms with E-state index in [1.54, 1.807) is 23.2 Å². The molecule has 1 aliphatic heterocycles. The lowest BCUT2D eigenvalue weighted by molar-refractivity contribution is -0.138. The molecule has 1 saturated heterocycles. The van der Waals surface area contributed by atoms with Gasteiger partial charge in [-0.05, 0) is 13.3 Å². The summed E-state index contributed by atoms with van der Waals surface area (Å²) in [6.45, 7) is 4.58. The van der Waals surface area contributed by atoms with Gasteiger partial charge < -0.3 is 10.2 Å². The van der Waals surface area contributed by atoms with E-state index in [1.165, 1.54) is 0 Å². The number of carbonyl (C=O) groups excluding carboxylic acids is 2. The van der Waals surface area contributed by atoms with Crippen molar-refractivity contribution in [3.8, 4) is 0 Å². The quantitative estimate of drug-likeness (QED) is 0.932. The third kappa shape index (κ3) is 2.53. The molecular weight excluding hydrogens is 288 g/mol. The summed E-state index contributed by atoms with van der Waals surface area (Å²) in [4.78, 5) is 31.6. The Morgan fingerprint density at radius 1 is 1.48 bits per heavy atom. The number of nitrogens with one attached hydrogen (secondary N) is 1. The van der Waals surface area contributed by atoms with Gasteiger partial charge >= 0.3 is 0 Å². The third-order valence-corrected chi connectivity index (χ3v) is 4.76. The highest BCUT2D eigenvalue weighted by Crippen LogP contribution is 2.20. The maximum Gasteiger partial charge on any atom is 0.248 e. The number of fused-ring (bicyclic) bond motifs is 1. The largest absolute Gasteiger partial charge is 0.342 e. The van der Waals surface area contributed by atoms with Crippen molar-refractivity contribution >= 4 is 28.1 Å². The molecule has 0 bridgehead atoms. The van der Waals surface area contributed by atoms with Crippen LogP contribution in [0.1, 0.15) is 32.4 Å². The number of rotatable bonds is 3. The topological polar surface area (TPSA) is 66.7 Å². The molecule has 21 heavy (non-hydrogen) atoms. The first kappa shape index (κ1) is 14.1. The van der Waals surface area contributed by atoms with Crippen LogP contribution in [0.4, 0.5) is 0 Å². The number of thiazole rings is 1. The SMILES string of the molecule is CCC1(C)NC(=O)CCN(Cc2cn3ccsc3n2)C1=O. The zero-order valence-electron chi connectivity index (χ0n) is 12.1. The van der Waals surface area contributed by atoms with Gasteiger partial charge in [0.1, 0.15) is 5.54 Å². The van der Waals surface area contributed by atoms with Gasteiger partial charge in [-0.15, -0.1) is 11.3 Å². The summed E-state index contributed by atoms with van der Waals surface area (Å²) in [5.74, 6) is -0.103. The second-order valence-corrected chi connectivity index (χ2v) is 6.41. The minimum atomic E-state index is -0.815. The molecule has 0 saturated carbocycles. The summed E-state index contributed by atoms with van der Waals surface area (Å²) in [7, 11) is 0. The van der Waals surface area contributed by atoms with Gasteiger partial charge in [0, 0.05) is 30.7 Å². The van der Waals surface area contributed by atoms with Gasteiger partial charge in [0.25, 0.3) is 0 Å². The van der Waals surface area contributed by atoms with Crippen LogP contribution in [-0.2, 0) is 16.1 Å². The van der Waals surface area contributed by atoms with Crippen LogP contribution in [0.25, 0.3) is 4.96 Å². The van der Waals surface area contributed by atoms with Crippen LogP contribution in [0.3, 0.4) is 0 Å². The molecule has 0 aliphatic carbocycles. The fraction of sp³-hybridized carbons (Fsp3) is 0.500. The predicted octanol–water partition coefficient (Wildman–Crippen LogP) is 1.41. The van der Waals surface area contributed by atoms with Gasteiger partial charge in [-0.2, -0.15) is 0 Å². The van der Waals surface area contributed by atoms with Crippen LogP contribution >= 0.6 is 11.3 Å². The van der Waals surface area contributed by atoms with Crippen LogP contribution in [0.15, 0.2) is 17.8 Å². The molecule has 3 rings (SSSR count). The van der Waals surface area contributed by atoms with Crippen molar-refractivity contribution in [2.75, 3.05) is 6.54 Å². The molecule has 3 heterocycles. The molecule has 6 nitrogen and oxygen atoms in total. The first-order chi connectivity index (χ1) is 10.0. The zero-order chi connectivity index (χ0) is 15.0.